The first-order chi connectivity index (χ1) is 14.3. The maximum atomic E-state index is 12.9. The van der Waals surface area contributed by atoms with Crippen molar-refractivity contribution in [3.8, 4) is 5.82 Å². The van der Waals surface area contributed by atoms with E-state index >= 15 is 0 Å². The van der Waals surface area contributed by atoms with Gasteiger partial charge in [0.15, 0.2) is 11.6 Å². The molecule has 1 amide bonds. The number of aromatic nitrogens is 6. The van der Waals surface area contributed by atoms with Crippen molar-refractivity contribution in [1.82, 2.24) is 28.7 Å². The number of amides is 1. The molecule has 1 aliphatic rings. The Bertz CT molecular complexity index is 1120. The van der Waals surface area contributed by atoms with Crippen LogP contribution >= 0.6 is 11.7 Å². The molecule has 0 unspecified atom stereocenters. The van der Waals surface area contributed by atoms with Crippen LogP contribution in [0.3, 0.4) is 0 Å². The fourth-order valence-corrected chi connectivity index (χ4v) is 4.10. The van der Waals surface area contributed by atoms with E-state index in [4.69, 9.17) is 0 Å². The highest BCUT2D eigenvalue weighted by Gasteiger charge is 2.27. The van der Waals surface area contributed by atoms with E-state index in [0.717, 1.165) is 48.0 Å². The molecule has 1 aliphatic heterocycles. The van der Waals surface area contributed by atoms with Gasteiger partial charge in [0.05, 0.1) is 23.3 Å². The van der Waals surface area contributed by atoms with E-state index in [1.807, 2.05) is 42.6 Å². The number of hydrogen-bond acceptors (Lipinski definition) is 8. The molecule has 4 heterocycles. The molecule has 1 aromatic carbocycles. The summed E-state index contributed by atoms with van der Waals surface area (Å²) in [5.74, 6) is 1.30. The zero-order valence-corrected chi connectivity index (χ0v) is 16.3. The molecule has 4 aromatic rings. The average Bonchev–Trinajstić information content (AvgIpc) is 3.47. The summed E-state index contributed by atoms with van der Waals surface area (Å²) in [6.07, 6.45) is 5.28. The monoisotopic (exact) mass is 406 g/mol. The molecule has 146 valence electrons. The van der Waals surface area contributed by atoms with E-state index < -0.39 is 0 Å². The Morgan fingerprint density at radius 3 is 2.83 bits per heavy atom. The highest BCUT2D eigenvalue weighted by molar-refractivity contribution is 7.00. The molecule has 10 heteroatoms. The van der Waals surface area contributed by atoms with Crippen LogP contribution in [0.2, 0.25) is 0 Å². The second kappa shape index (κ2) is 7.55. The van der Waals surface area contributed by atoms with E-state index in [9.17, 15) is 4.79 Å². The van der Waals surface area contributed by atoms with Crippen LogP contribution in [0, 0.1) is 5.92 Å². The standard InChI is InChI=1S/C19H18N8OS/c28-19(21-14-5-1-6-15-18(14)25-29-24-15)13-4-2-10-26(12-13)16-7-8-17(23-22-16)27-11-3-9-20-27/h1,3,5-9,11,13H,2,4,10,12H2,(H,21,28)/t13-/m1/s1. The van der Waals surface area contributed by atoms with Gasteiger partial charge >= 0.3 is 0 Å². The largest absolute Gasteiger partial charge is 0.354 e. The second-order valence-electron chi connectivity index (χ2n) is 6.91. The fourth-order valence-electron chi connectivity index (χ4n) is 3.55. The number of carbonyl (C=O) groups is 1. The third-order valence-electron chi connectivity index (χ3n) is 5.04. The summed E-state index contributed by atoms with van der Waals surface area (Å²) in [5, 5.41) is 15.8. The molecule has 29 heavy (non-hydrogen) atoms. The lowest BCUT2D eigenvalue weighted by Gasteiger charge is -2.32. The van der Waals surface area contributed by atoms with Crippen molar-refractivity contribution in [3.63, 3.8) is 0 Å². The van der Waals surface area contributed by atoms with Gasteiger partial charge in [0.2, 0.25) is 5.91 Å². The number of nitrogens with zero attached hydrogens (tertiary/aromatic N) is 7. The van der Waals surface area contributed by atoms with Gasteiger partial charge in [0.25, 0.3) is 0 Å². The van der Waals surface area contributed by atoms with Crippen LogP contribution in [0.15, 0.2) is 48.8 Å². The van der Waals surface area contributed by atoms with Gasteiger partial charge in [0, 0.05) is 25.5 Å². The molecular formula is C19H18N8OS. The van der Waals surface area contributed by atoms with Gasteiger partial charge in [-0.25, -0.2) is 4.68 Å². The maximum Gasteiger partial charge on any atom is 0.229 e. The van der Waals surface area contributed by atoms with Crippen molar-refractivity contribution in [2.75, 3.05) is 23.3 Å². The minimum absolute atomic E-state index is 0.00341. The molecule has 0 aliphatic carbocycles. The third kappa shape index (κ3) is 3.54. The van der Waals surface area contributed by atoms with Gasteiger partial charge in [-0.2, -0.15) is 13.8 Å². The number of piperidine rings is 1. The topological polar surface area (TPSA) is 102 Å². The number of hydrogen-bond donors (Lipinski definition) is 1. The quantitative estimate of drug-likeness (QED) is 0.556. The van der Waals surface area contributed by atoms with Crippen molar-refractivity contribution in [1.29, 1.82) is 0 Å². The lowest BCUT2D eigenvalue weighted by atomic mass is 9.97. The predicted octanol–water partition coefficient (Wildman–Crippen LogP) is 2.52. The SMILES string of the molecule is O=C(Nc1cccc2nsnc12)[C@@H]1CCCN(c2ccc(-n3cccn3)nn2)C1. The van der Waals surface area contributed by atoms with Gasteiger partial charge in [-0.1, -0.05) is 6.07 Å². The molecule has 1 N–H and O–H groups in total. The Morgan fingerprint density at radius 1 is 1.10 bits per heavy atom. The average molecular weight is 406 g/mol. The molecule has 0 spiro atoms. The van der Waals surface area contributed by atoms with E-state index in [1.165, 1.54) is 0 Å². The van der Waals surface area contributed by atoms with E-state index in [0.29, 0.717) is 18.1 Å². The van der Waals surface area contributed by atoms with Crippen molar-refractivity contribution in [3.05, 3.63) is 48.8 Å². The molecule has 0 saturated carbocycles. The lowest BCUT2D eigenvalue weighted by molar-refractivity contribution is -0.120. The van der Waals surface area contributed by atoms with E-state index in [1.54, 1.807) is 10.9 Å². The molecule has 5 rings (SSSR count). The summed E-state index contributed by atoms with van der Waals surface area (Å²) in [7, 11) is 0. The van der Waals surface area contributed by atoms with Gasteiger partial charge in [-0.3, -0.25) is 4.79 Å². The summed E-state index contributed by atoms with van der Waals surface area (Å²) in [4.78, 5) is 15.0. The van der Waals surface area contributed by atoms with Crippen LogP contribution in [-0.2, 0) is 4.79 Å². The van der Waals surface area contributed by atoms with Gasteiger partial charge in [-0.15, -0.1) is 10.2 Å². The zero-order chi connectivity index (χ0) is 19.6. The first kappa shape index (κ1) is 17.7. The van der Waals surface area contributed by atoms with Crippen LogP contribution < -0.4 is 10.2 Å². The summed E-state index contributed by atoms with van der Waals surface area (Å²) in [6.45, 7) is 1.46. The highest BCUT2D eigenvalue weighted by Crippen LogP contribution is 2.25. The summed E-state index contributed by atoms with van der Waals surface area (Å²) < 4.78 is 10.2. The molecule has 9 nitrogen and oxygen atoms in total. The molecule has 1 fully saturated rings. The first-order valence-corrected chi connectivity index (χ1v) is 10.1. The molecule has 1 atom stereocenters. The lowest BCUT2D eigenvalue weighted by Crippen LogP contribution is -2.41. The van der Waals surface area contributed by atoms with Crippen LogP contribution in [-0.4, -0.2) is 47.7 Å². The van der Waals surface area contributed by atoms with E-state index in [2.05, 4.69) is 34.3 Å². The Labute approximate surface area is 170 Å². The van der Waals surface area contributed by atoms with Crippen LogP contribution in [0.5, 0.6) is 0 Å². The summed E-state index contributed by atoms with van der Waals surface area (Å²) >= 11 is 1.15. The maximum absolute atomic E-state index is 12.9. The smallest absolute Gasteiger partial charge is 0.229 e. The van der Waals surface area contributed by atoms with Crippen LogP contribution in [0.25, 0.3) is 16.9 Å². The normalized spacial score (nSPS) is 16.8. The second-order valence-corrected chi connectivity index (χ2v) is 7.44. The minimum Gasteiger partial charge on any atom is -0.354 e. The number of anilines is 2. The Morgan fingerprint density at radius 2 is 2.00 bits per heavy atom. The summed E-state index contributed by atoms with van der Waals surface area (Å²) in [5.41, 5.74) is 2.24. The van der Waals surface area contributed by atoms with Crippen molar-refractivity contribution in [2.24, 2.45) is 5.92 Å². The number of benzene rings is 1. The third-order valence-corrected chi connectivity index (χ3v) is 5.58. The van der Waals surface area contributed by atoms with E-state index in [-0.39, 0.29) is 11.8 Å². The Kier molecular flexibility index (Phi) is 4.60. The van der Waals surface area contributed by atoms with Gasteiger partial charge in [-0.05, 0) is 43.2 Å². The molecular weight excluding hydrogens is 388 g/mol. The van der Waals surface area contributed by atoms with Gasteiger partial charge in [0.1, 0.15) is 11.0 Å². The number of nitrogens with one attached hydrogen (secondary N) is 1. The molecule has 0 bridgehead atoms. The fraction of sp³-hybridized carbons (Fsp3) is 0.263. The molecule has 3 aromatic heterocycles. The zero-order valence-electron chi connectivity index (χ0n) is 15.5. The Hall–Kier alpha value is -3.40. The minimum atomic E-state index is -0.127. The Balaban J connectivity index is 1.29. The molecule has 0 radical (unpaired) electrons. The number of carbonyl (C=O) groups excluding carboxylic acids is 1. The van der Waals surface area contributed by atoms with Crippen LogP contribution in [0.1, 0.15) is 12.8 Å². The predicted molar refractivity (Wildman–Crippen MR) is 110 cm³/mol. The van der Waals surface area contributed by atoms with Gasteiger partial charge < -0.3 is 10.2 Å². The molecule has 1 saturated heterocycles. The highest BCUT2D eigenvalue weighted by atomic mass is 32.1. The van der Waals surface area contributed by atoms with Crippen LogP contribution in [0.4, 0.5) is 11.5 Å². The number of fused-ring (bicyclic) bond motifs is 1. The first-order valence-electron chi connectivity index (χ1n) is 9.39. The van der Waals surface area contributed by atoms with Crippen molar-refractivity contribution < 1.29 is 4.79 Å². The summed E-state index contributed by atoms with van der Waals surface area (Å²) in [6, 6.07) is 11.3. The van der Waals surface area contributed by atoms with Crippen molar-refractivity contribution in [2.45, 2.75) is 12.8 Å². The number of rotatable bonds is 4. The van der Waals surface area contributed by atoms with Crippen molar-refractivity contribution >= 4 is 40.2 Å².